The standard InChI is InChI=1S/C43H31BN2Si/c1-30-28-38-42-39(29-30)46-37-25-13-14-26-40(37)47(32-18-7-3-8-19-32,33-20-9-4-10-21-33)41-27-15-23-35(43(41)46)44(42)34-22-11-12-24-36(34)45(38)31-16-5-2-6-17-31/h2-29H,1H3. The Kier molecular flexibility index (Phi) is 5.64. The van der Waals surface area contributed by atoms with E-state index in [0.29, 0.717) is 0 Å². The van der Waals surface area contributed by atoms with E-state index in [0.717, 1.165) is 0 Å². The second kappa shape index (κ2) is 9.96. The summed E-state index contributed by atoms with van der Waals surface area (Å²) in [6.07, 6.45) is 0. The Hall–Kier alpha value is -5.58. The Morgan fingerprint density at radius 1 is 0.447 bits per heavy atom. The predicted molar refractivity (Wildman–Crippen MR) is 202 cm³/mol. The van der Waals surface area contributed by atoms with E-state index in [9.17, 15) is 0 Å². The molecule has 7 aromatic rings. The monoisotopic (exact) mass is 614 g/mol. The molecule has 0 fully saturated rings. The number of rotatable bonds is 3. The molecule has 0 atom stereocenters. The first-order valence-corrected chi connectivity index (χ1v) is 18.5. The number of hydrogen-bond acceptors (Lipinski definition) is 2. The third kappa shape index (κ3) is 3.51. The summed E-state index contributed by atoms with van der Waals surface area (Å²) in [6.45, 7) is 2.37. The van der Waals surface area contributed by atoms with Gasteiger partial charge in [-0.2, -0.15) is 0 Å². The minimum Gasteiger partial charge on any atom is -0.312 e. The van der Waals surface area contributed by atoms with E-state index in [1.165, 1.54) is 76.8 Å². The van der Waals surface area contributed by atoms with Crippen molar-refractivity contribution >= 4 is 86.0 Å². The van der Waals surface area contributed by atoms with Gasteiger partial charge in [0.05, 0.1) is 0 Å². The van der Waals surface area contributed by atoms with Gasteiger partial charge < -0.3 is 9.80 Å². The summed E-state index contributed by atoms with van der Waals surface area (Å²) in [5, 5.41) is 5.73. The number of aryl methyl sites for hydroxylation is 1. The number of fused-ring (bicyclic) bond motifs is 6. The highest BCUT2D eigenvalue weighted by atomic mass is 28.3. The minimum absolute atomic E-state index is 0.117. The zero-order valence-corrected chi connectivity index (χ0v) is 27.1. The molecule has 0 amide bonds. The molecule has 0 saturated heterocycles. The summed E-state index contributed by atoms with van der Waals surface area (Å²) in [4.78, 5) is 5.10. The molecular weight excluding hydrogens is 583 g/mol. The Bertz CT molecular complexity index is 2300. The zero-order valence-electron chi connectivity index (χ0n) is 26.1. The van der Waals surface area contributed by atoms with E-state index < -0.39 is 8.07 Å². The first-order chi connectivity index (χ1) is 23.3. The fraction of sp³-hybridized carbons (Fsp3) is 0.0233. The Balaban J connectivity index is 1.37. The fourth-order valence-electron chi connectivity index (χ4n) is 8.84. The maximum absolute atomic E-state index is 2.71. The van der Waals surface area contributed by atoms with E-state index in [-0.39, 0.29) is 6.71 Å². The van der Waals surface area contributed by atoms with Gasteiger partial charge in [-0.3, -0.25) is 0 Å². The van der Waals surface area contributed by atoms with Gasteiger partial charge in [0, 0.05) is 34.1 Å². The van der Waals surface area contributed by atoms with Crippen molar-refractivity contribution in [3.8, 4) is 0 Å². The van der Waals surface area contributed by atoms with E-state index in [1.807, 2.05) is 0 Å². The molecule has 0 spiro atoms. The van der Waals surface area contributed by atoms with Gasteiger partial charge in [-0.25, -0.2) is 0 Å². The lowest BCUT2D eigenvalue weighted by molar-refractivity contribution is 1.24. The first kappa shape index (κ1) is 26.6. The third-order valence-corrected chi connectivity index (χ3v) is 15.4. The van der Waals surface area contributed by atoms with E-state index in [4.69, 9.17) is 0 Å². The molecule has 47 heavy (non-hydrogen) atoms. The first-order valence-electron chi connectivity index (χ1n) is 16.5. The average Bonchev–Trinajstić information content (AvgIpc) is 3.13. The molecule has 0 unspecified atom stereocenters. The lowest BCUT2D eigenvalue weighted by Crippen LogP contribution is -2.79. The maximum atomic E-state index is 2.62. The molecule has 10 rings (SSSR count). The van der Waals surface area contributed by atoms with Crippen molar-refractivity contribution in [2.75, 3.05) is 9.80 Å². The Morgan fingerprint density at radius 2 is 0.979 bits per heavy atom. The van der Waals surface area contributed by atoms with E-state index in [1.54, 1.807) is 0 Å². The predicted octanol–water partition coefficient (Wildman–Crippen LogP) is 5.77. The van der Waals surface area contributed by atoms with Crippen molar-refractivity contribution in [2.24, 2.45) is 0 Å². The van der Waals surface area contributed by atoms with Crippen molar-refractivity contribution in [3.63, 3.8) is 0 Å². The van der Waals surface area contributed by atoms with Gasteiger partial charge in [0.1, 0.15) is 0 Å². The SMILES string of the molecule is Cc1cc2c3c(c1)N1c4ccccc4[Si](c4ccccc4)(c4ccccc4)c4cccc(c41)B3c1ccccc1N2c1ccccc1. The number of para-hydroxylation sites is 4. The average molecular weight is 615 g/mol. The second-order valence-corrected chi connectivity index (χ2v) is 16.7. The van der Waals surface area contributed by atoms with Crippen LogP contribution in [0.2, 0.25) is 0 Å². The number of nitrogens with zero attached hydrogens (tertiary/aromatic N) is 2. The molecule has 4 heteroatoms. The van der Waals surface area contributed by atoms with Crippen LogP contribution in [0, 0.1) is 6.92 Å². The maximum Gasteiger partial charge on any atom is 0.252 e. The van der Waals surface area contributed by atoms with Crippen LogP contribution >= 0.6 is 0 Å². The number of anilines is 6. The molecule has 0 aromatic heterocycles. The number of benzene rings is 7. The van der Waals surface area contributed by atoms with Crippen molar-refractivity contribution in [3.05, 3.63) is 175 Å². The molecule has 0 saturated carbocycles. The van der Waals surface area contributed by atoms with Crippen LogP contribution in [0.1, 0.15) is 5.56 Å². The summed E-state index contributed by atoms with van der Waals surface area (Å²) in [5.41, 5.74) is 13.0. The molecule has 2 nitrogen and oxygen atoms in total. The normalized spacial score (nSPS) is 14.5. The van der Waals surface area contributed by atoms with Gasteiger partial charge in [-0.15, -0.1) is 0 Å². The van der Waals surface area contributed by atoms with Crippen molar-refractivity contribution in [2.45, 2.75) is 6.92 Å². The summed E-state index contributed by atoms with van der Waals surface area (Å²) in [7, 11) is -2.71. The van der Waals surface area contributed by atoms with Crippen molar-refractivity contribution in [1.82, 2.24) is 0 Å². The van der Waals surface area contributed by atoms with Gasteiger partial charge in [0.25, 0.3) is 6.71 Å². The molecule has 0 aliphatic carbocycles. The summed E-state index contributed by atoms with van der Waals surface area (Å²) < 4.78 is 0. The fourth-order valence-corrected chi connectivity index (χ4v) is 14.0. The molecule has 0 N–H and O–H groups in total. The van der Waals surface area contributed by atoms with Gasteiger partial charge in [0.2, 0.25) is 0 Å². The van der Waals surface area contributed by atoms with Crippen LogP contribution in [0.15, 0.2) is 170 Å². The summed E-state index contributed by atoms with van der Waals surface area (Å²) in [6, 6.07) is 63.8. The Labute approximate surface area is 277 Å². The van der Waals surface area contributed by atoms with Crippen LogP contribution in [-0.2, 0) is 0 Å². The van der Waals surface area contributed by atoms with Crippen LogP contribution in [0.5, 0.6) is 0 Å². The van der Waals surface area contributed by atoms with Crippen LogP contribution in [-0.4, -0.2) is 14.8 Å². The largest absolute Gasteiger partial charge is 0.312 e. The lowest BCUT2D eigenvalue weighted by atomic mass is 9.33. The van der Waals surface area contributed by atoms with Gasteiger partial charge in [-0.05, 0) is 86.0 Å². The molecule has 0 bridgehead atoms. The molecule has 3 aliphatic heterocycles. The minimum atomic E-state index is -2.71. The third-order valence-electron chi connectivity index (χ3n) is 10.5. The summed E-state index contributed by atoms with van der Waals surface area (Å²) in [5.74, 6) is 0. The van der Waals surface area contributed by atoms with Crippen molar-refractivity contribution < 1.29 is 0 Å². The molecule has 220 valence electrons. The summed E-state index contributed by atoms with van der Waals surface area (Å²) >= 11 is 0. The molecule has 0 radical (unpaired) electrons. The second-order valence-electron chi connectivity index (χ2n) is 13.0. The van der Waals surface area contributed by atoms with E-state index in [2.05, 4.69) is 187 Å². The highest BCUT2D eigenvalue weighted by Gasteiger charge is 2.53. The highest BCUT2D eigenvalue weighted by Crippen LogP contribution is 2.45. The quantitative estimate of drug-likeness (QED) is 0.234. The zero-order chi connectivity index (χ0) is 31.1. The van der Waals surface area contributed by atoms with E-state index >= 15 is 0 Å². The lowest BCUT2D eigenvalue weighted by Gasteiger charge is -2.50. The smallest absolute Gasteiger partial charge is 0.252 e. The molecule has 7 aromatic carbocycles. The van der Waals surface area contributed by atoms with Crippen LogP contribution < -0.4 is 46.9 Å². The highest BCUT2D eigenvalue weighted by molar-refractivity contribution is 7.22. The van der Waals surface area contributed by atoms with Gasteiger partial charge in [0.15, 0.2) is 8.07 Å². The molecular formula is C43H31BN2Si. The van der Waals surface area contributed by atoms with Gasteiger partial charge in [-0.1, -0.05) is 133 Å². The van der Waals surface area contributed by atoms with Crippen LogP contribution in [0.25, 0.3) is 0 Å². The number of hydrogen-bond donors (Lipinski definition) is 0. The molecule has 3 aliphatic rings. The topological polar surface area (TPSA) is 6.48 Å². The Morgan fingerprint density at radius 3 is 1.68 bits per heavy atom. The van der Waals surface area contributed by atoms with Crippen LogP contribution in [0.4, 0.5) is 34.1 Å². The molecule has 3 heterocycles. The van der Waals surface area contributed by atoms with Crippen LogP contribution in [0.3, 0.4) is 0 Å². The van der Waals surface area contributed by atoms with Crippen molar-refractivity contribution in [1.29, 1.82) is 0 Å². The van der Waals surface area contributed by atoms with Gasteiger partial charge >= 0.3 is 0 Å².